The number of carbonyl (C=O) groups excluding carboxylic acids is 1. The van der Waals surface area contributed by atoms with Gasteiger partial charge in [0, 0.05) is 35.9 Å². The number of nitrogens with one attached hydrogen (secondary N) is 1. The Bertz CT molecular complexity index is 1170. The van der Waals surface area contributed by atoms with E-state index >= 15 is 0 Å². The van der Waals surface area contributed by atoms with Crippen molar-refractivity contribution in [2.75, 3.05) is 25.0 Å². The predicted molar refractivity (Wildman–Crippen MR) is 118 cm³/mol. The lowest BCUT2D eigenvalue weighted by molar-refractivity contribution is -0.0250. The highest BCUT2D eigenvalue weighted by Crippen LogP contribution is 2.28. The molecule has 31 heavy (non-hydrogen) atoms. The molecule has 1 N–H and O–H groups in total. The number of hydrogen-bond acceptors (Lipinski definition) is 8. The summed E-state index contributed by atoms with van der Waals surface area (Å²) in [5.74, 6) is -0.233. The zero-order valence-corrected chi connectivity index (χ0v) is 18.7. The number of morpholine rings is 1. The Morgan fingerprint density at radius 3 is 2.74 bits per heavy atom. The maximum absolute atomic E-state index is 12.9. The van der Waals surface area contributed by atoms with Crippen LogP contribution in [0.3, 0.4) is 0 Å². The molecule has 0 aromatic carbocycles. The highest BCUT2D eigenvalue weighted by Gasteiger charge is 2.28. The molecule has 1 unspecified atom stereocenters. The average molecular weight is 441 g/mol. The molecular formula is C21H24N6O3S. The summed E-state index contributed by atoms with van der Waals surface area (Å²) in [6.45, 7) is 7.16. The predicted octanol–water partition coefficient (Wildman–Crippen LogP) is 2.51. The van der Waals surface area contributed by atoms with E-state index in [-0.39, 0.29) is 23.3 Å². The molecule has 3 aromatic rings. The summed E-state index contributed by atoms with van der Waals surface area (Å²) in [5, 5.41) is 8.24. The van der Waals surface area contributed by atoms with Crippen LogP contribution in [0.25, 0.3) is 0 Å². The summed E-state index contributed by atoms with van der Waals surface area (Å²) in [5.41, 5.74) is 3.45. The minimum Gasteiger partial charge on any atom is -0.368 e. The summed E-state index contributed by atoms with van der Waals surface area (Å²) >= 11 is 1.60. The van der Waals surface area contributed by atoms with Crippen molar-refractivity contribution in [2.45, 2.75) is 26.9 Å². The number of aryl methyl sites for hydroxylation is 4. The summed E-state index contributed by atoms with van der Waals surface area (Å²) in [7, 11) is 1.53. The van der Waals surface area contributed by atoms with Crippen molar-refractivity contribution in [3.05, 3.63) is 62.3 Å². The zero-order valence-electron chi connectivity index (χ0n) is 17.9. The van der Waals surface area contributed by atoms with Crippen molar-refractivity contribution in [2.24, 2.45) is 7.05 Å². The third-order valence-electron chi connectivity index (χ3n) is 5.12. The molecule has 1 aliphatic rings. The van der Waals surface area contributed by atoms with Gasteiger partial charge in [-0.25, -0.2) is 9.67 Å². The van der Waals surface area contributed by atoms with Gasteiger partial charge < -0.3 is 15.0 Å². The molecule has 0 spiro atoms. The molecule has 0 saturated carbocycles. The topological polar surface area (TPSA) is 102 Å². The molecule has 1 fully saturated rings. The molecule has 4 rings (SSSR count). The van der Waals surface area contributed by atoms with Crippen molar-refractivity contribution in [3.8, 4) is 0 Å². The van der Waals surface area contributed by atoms with Crippen LogP contribution in [0.5, 0.6) is 0 Å². The summed E-state index contributed by atoms with van der Waals surface area (Å²) in [6.07, 6.45) is -0.356. The number of ether oxygens (including phenoxy) is 1. The highest BCUT2D eigenvalue weighted by atomic mass is 32.1. The molecule has 0 bridgehead atoms. The van der Waals surface area contributed by atoms with Crippen molar-refractivity contribution >= 4 is 28.1 Å². The van der Waals surface area contributed by atoms with Crippen molar-refractivity contribution in [1.29, 1.82) is 0 Å². The number of thiazole rings is 1. The lowest BCUT2D eigenvalue weighted by atomic mass is 10.1. The Balaban J connectivity index is 1.53. The monoisotopic (exact) mass is 440 g/mol. The van der Waals surface area contributed by atoms with E-state index in [1.807, 2.05) is 32.9 Å². The van der Waals surface area contributed by atoms with Gasteiger partial charge in [-0.3, -0.25) is 14.6 Å². The van der Waals surface area contributed by atoms with Crippen LogP contribution in [-0.4, -0.2) is 50.3 Å². The van der Waals surface area contributed by atoms with E-state index in [1.54, 1.807) is 16.2 Å². The first kappa shape index (κ1) is 21.1. The number of rotatable bonds is 4. The van der Waals surface area contributed by atoms with Crippen LogP contribution in [0.4, 0.5) is 10.8 Å². The molecule has 3 aromatic heterocycles. The number of pyridine rings is 1. The lowest BCUT2D eigenvalue weighted by Gasteiger charge is -2.32. The molecular weight excluding hydrogens is 416 g/mol. The number of nitrogens with zero attached hydrogens (tertiary/aromatic N) is 5. The van der Waals surface area contributed by atoms with Crippen molar-refractivity contribution in [3.63, 3.8) is 0 Å². The molecule has 1 amide bonds. The number of aromatic nitrogens is 4. The highest BCUT2D eigenvalue weighted by molar-refractivity contribution is 7.15. The largest absolute Gasteiger partial charge is 0.368 e. The van der Waals surface area contributed by atoms with E-state index in [2.05, 4.69) is 20.4 Å². The first-order valence-corrected chi connectivity index (χ1v) is 10.8. The molecule has 0 aliphatic carbocycles. The van der Waals surface area contributed by atoms with Crippen molar-refractivity contribution < 1.29 is 9.53 Å². The minimum absolute atomic E-state index is 0.233. The Morgan fingerprint density at radius 1 is 1.23 bits per heavy atom. The van der Waals surface area contributed by atoms with Crippen LogP contribution >= 0.6 is 11.3 Å². The van der Waals surface area contributed by atoms with Gasteiger partial charge in [-0.2, -0.15) is 5.10 Å². The fourth-order valence-corrected chi connectivity index (χ4v) is 4.21. The fourth-order valence-electron chi connectivity index (χ4n) is 3.37. The van der Waals surface area contributed by atoms with E-state index < -0.39 is 0 Å². The van der Waals surface area contributed by atoms with Crippen LogP contribution in [0.15, 0.2) is 29.1 Å². The molecule has 1 aliphatic heterocycles. The maximum atomic E-state index is 12.9. The number of anilines is 2. The molecule has 4 heterocycles. The standard InChI is InChI=1S/C21H24N6O3S/c1-12-9-15(24-21-23-13(2)14(3)31-21)10-17(22-12)18-11-27(7-8-30-18)20(29)16-5-6-19(28)26(4)25-16/h5-6,9-10,18H,7-8,11H2,1-4H3,(H,22,23,24). The van der Waals surface area contributed by atoms with Gasteiger partial charge in [-0.1, -0.05) is 0 Å². The van der Waals surface area contributed by atoms with Crippen LogP contribution in [0, 0.1) is 20.8 Å². The second-order valence-corrected chi connectivity index (χ2v) is 8.70. The third kappa shape index (κ3) is 4.64. The molecule has 162 valence electrons. The van der Waals surface area contributed by atoms with Gasteiger partial charge in [0.1, 0.15) is 11.8 Å². The van der Waals surface area contributed by atoms with E-state index in [9.17, 15) is 9.59 Å². The second kappa shape index (κ2) is 8.56. The quantitative estimate of drug-likeness (QED) is 0.665. The van der Waals surface area contributed by atoms with Crippen LogP contribution in [0.1, 0.15) is 38.6 Å². The van der Waals surface area contributed by atoms with Gasteiger partial charge in [-0.15, -0.1) is 11.3 Å². The van der Waals surface area contributed by atoms with Gasteiger partial charge in [-0.05, 0) is 39.0 Å². The third-order valence-corrected chi connectivity index (χ3v) is 6.10. The zero-order chi connectivity index (χ0) is 22.1. The first-order valence-electron chi connectivity index (χ1n) is 9.95. The van der Waals surface area contributed by atoms with E-state index in [1.165, 1.54) is 24.1 Å². The Morgan fingerprint density at radius 2 is 2.03 bits per heavy atom. The van der Waals surface area contributed by atoms with E-state index in [0.717, 1.165) is 32.6 Å². The van der Waals surface area contributed by atoms with Crippen LogP contribution in [0.2, 0.25) is 0 Å². The smallest absolute Gasteiger partial charge is 0.274 e. The van der Waals surface area contributed by atoms with Gasteiger partial charge in [0.2, 0.25) is 0 Å². The summed E-state index contributed by atoms with van der Waals surface area (Å²) in [6, 6.07) is 6.69. The average Bonchev–Trinajstić information content (AvgIpc) is 3.06. The van der Waals surface area contributed by atoms with E-state index in [4.69, 9.17) is 4.74 Å². The first-order chi connectivity index (χ1) is 14.8. The lowest BCUT2D eigenvalue weighted by Crippen LogP contribution is -2.43. The fraction of sp³-hybridized carbons (Fsp3) is 0.381. The molecule has 1 atom stereocenters. The van der Waals surface area contributed by atoms with Gasteiger partial charge in [0.15, 0.2) is 5.13 Å². The minimum atomic E-state index is -0.356. The summed E-state index contributed by atoms with van der Waals surface area (Å²) in [4.78, 5) is 36.5. The molecule has 0 radical (unpaired) electrons. The number of carbonyl (C=O) groups is 1. The maximum Gasteiger partial charge on any atom is 0.274 e. The molecule has 10 heteroatoms. The van der Waals surface area contributed by atoms with Gasteiger partial charge in [0.05, 0.1) is 24.5 Å². The Labute approximate surface area is 183 Å². The van der Waals surface area contributed by atoms with Crippen LogP contribution < -0.4 is 10.9 Å². The Kier molecular flexibility index (Phi) is 5.84. The SMILES string of the molecule is Cc1cc(Nc2nc(C)c(C)s2)cc(C2CN(C(=O)c3ccc(=O)n(C)n3)CCO2)n1. The number of hydrogen-bond donors (Lipinski definition) is 1. The van der Waals surface area contributed by atoms with Crippen molar-refractivity contribution in [1.82, 2.24) is 24.6 Å². The normalized spacial score (nSPS) is 16.4. The molecule has 1 saturated heterocycles. The van der Waals surface area contributed by atoms with Gasteiger partial charge in [0.25, 0.3) is 11.5 Å². The second-order valence-electron chi connectivity index (χ2n) is 7.50. The van der Waals surface area contributed by atoms with E-state index in [0.29, 0.717) is 19.7 Å². The summed E-state index contributed by atoms with van der Waals surface area (Å²) < 4.78 is 7.09. The van der Waals surface area contributed by atoms with Crippen LogP contribution in [-0.2, 0) is 11.8 Å². The Hall–Kier alpha value is -3.11. The van der Waals surface area contributed by atoms with Gasteiger partial charge >= 0.3 is 0 Å². The molecule has 9 nitrogen and oxygen atoms in total. The number of amides is 1.